The maximum absolute atomic E-state index is 11.9. The molecule has 2 saturated heterocycles. The van der Waals surface area contributed by atoms with E-state index in [1.807, 2.05) is 14.0 Å². The molecule has 19 heavy (non-hydrogen) atoms. The van der Waals surface area contributed by atoms with Crippen molar-refractivity contribution in [2.24, 2.45) is 0 Å². The number of likely N-dealkylation sites (N-methyl/N-ethyl adjacent to an activating group) is 1. The van der Waals surface area contributed by atoms with Crippen molar-refractivity contribution in [1.82, 2.24) is 14.7 Å². The Morgan fingerprint density at radius 3 is 2.42 bits per heavy atom. The zero-order valence-corrected chi connectivity index (χ0v) is 12.1. The zero-order valence-electron chi connectivity index (χ0n) is 12.1. The molecule has 2 aliphatic rings. The number of rotatable bonds is 5. The Morgan fingerprint density at radius 2 is 1.95 bits per heavy atom. The Balaban J connectivity index is 1.72. The van der Waals surface area contributed by atoms with Crippen LogP contribution in [0.15, 0.2) is 12.2 Å². The van der Waals surface area contributed by atoms with Crippen LogP contribution in [-0.4, -0.2) is 86.2 Å². The van der Waals surface area contributed by atoms with Gasteiger partial charge >= 0.3 is 0 Å². The number of carbonyl (C=O) groups excluding carboxylic acids is 1. The highest BCUT2D eigenvalue weighted by Gasteiger charge is 2.29. The minimum absolute atomic E-state index is 0.0670. The lowest BCUT2D eigenvalue weighted by atomic mass is 10.1. The first-order valence-corrected chi connectivity index (χ1v) is 7.09. The van der Waals surface area contributed by atoms with Gasteiger partial charge in [0.15, 0.2) is 0 Å². The number of piperazine rings is 1. The van der Waals surface area contributed by atoms with Crippen molar-refractivity contribution in [3.05, 3.63) is 12.2 Å². The standard InChI is InChI=1S/C14H25N3O2/c1-4-15(3)14(18)12(2)9-16-5-7-17(8-6-16)13-10-19-11-13/h13H,2,4-11H2,1,3H3. The first-order valence-electron chi connectivity index (χ1n) is 7.09. The van der Waals surface area contributed by atoms with Crippen molar-refractivity contribution in [3.8, 4) is 0 Å². The summed E-state index contributed by atoms with van der Waals surface area (Å²) in [7, 11) is 1.82. The number of hydrogen-bond acceptors (Lipinski definition) is 4. The number of carbonyl (C=O) groups is 1. The lowest BCUT2D eigenvalue weighted by Gasteiger charge is -2.42. The van der Waals surface area contributed by atoms with Crippen molar-refractivity contribution >= 4 is 5.91 Å². The minimum Gasteiger partial charge on any atom is -0.378 e. The van der Waals surface area contributed by atoms with Crippen molar-refractivity contribution in [3.63, 3.8) is 0 Å². The highest BCUT2D eigenvalue weighted by molar-refractivity contribution is 5.93. The van der Waals surface area contributed by atoms with E-state index in [0.717, 1.165) is 45.9 Å². The van der Waals surface area contributed by atoms with Gasteiger partial charge in [0.25, 0.3) is 0 Å². The first-order chi connectivity index (χ1) is 9.11. The van der Waals surface area contributed by atoms with Gasteiger partial charge in [-0.15, -0.1) is 0 Å². The van der Waals surface area contributed by atoms with Gasteiger partial charge in [0.05, 0.1) is 19.3 Å². The summed E-state index contributed by atoms with van der Waals surface area (Å²) in [5, 5.41) is 0. The van der Waals surface area contributed by atoms with E-state index < -0.39 is 0 Å². The molecule has 108 valence electrons. The topological polar surface area (TPSA) is 36.0 Å². The molecule has 0 radical (unpaired) electrons. The molecule has 0 aromatic heterocycles. The normalized spacial score (nSPS) is 22.0. The van der Waals surface area contributed by atoms with E-state index in [1.165, 1.54) is 0 Å². The van der Waals surface area contributed by atoms with E-state index in [-0.39, 0.29) is 5.91 Å². The minimum atomic E-state index is 0.0670. The maximum atomic E-state index is 11.9. The zero-order chi connectivity index (χ0) is 13.8. The quantitative estimate of drug-likeness (QED) is 0.659. The molecular formula is C14H25N3O2. The molecule has 0 unspecified atom stereocenters. The lowest BCUT2D eigenvalue weighted by Crippen LogP contribution is -2.56. The van der Waals surface area contributed by atoms with Crippen LogP contribution in [0.5, 0.6) is 0 Å². The van der Waals surface area contributed by atoms with Gasteiger partial charge in [0.2, 0.25) is 5.91 Å². The molecule has 0 N–H and O–H groups in total. The largest absolute Gasteiger partial charge is 0.378 e. The molecule has 0 aromatic rings. The summed E-state index contributed by atoms with van der Waals surface area (Å²) < 4.78 is 5.23. The Morgan fingerprint density at radius 1 is 1.32 bits per heavy atom. The van der Waals surface area contributed by atoms with Crippen LogP contribution in [-0.2, 0) is 9.53 Å². The lowest BCUT2D eigenvalue weighted by molar-refractivity contribution is -0.126. The molecule has 5 nitrogen and oxygen atoms in total. The summed E-state index contributed by atoms with van der Waals surface area (Å²) in [6.07, 6.45) is 0. The van der Waals surface area contributed by atoms with Crippen LogP contribution in [0, 0.1) is 0 Å². The monoisotopic (exact) mass is 267 g/mol. The fourth-order valence-corrected chi connectivity index (χ4v) is 2.47. The molecule has 5 heteroatoms. The van der Waals surface area contributed by atoms with Gasteiger partial charge in [-0.3, -0.25) is 14.6 Å². The summed E-state index contributed by atoms with van der Waals surface area (Å²) >= 11 is 0. The van der Waals surface area contributed by atoms with Crippen molar-refractivity contribution in [2.45, 2.75) is 13.0 Å². The average molecular weight is 267 g/mol. The highest BCUT2D eigenvalue weighted by Crippen LogP contribution is 2.14. The van der Waals surface area contributed by atoms with Gasteiger partial charge in [0.1, 0.15) is 0 Å². The maximum Gasteiger partial charge on any atom is 0.250 e. The third-order valence-corrected chi connectivity index (χ3v) is 4.08. The van der Waals surface area contributed by atoms with Crippen LogP contribution in [0.25, 0.3) is 0 Å². The van der Waals surface area contributed by atoms with Crippen LogP contribution in [0.4, 0.5) is 0 Å². The van der Waals surface area contributed by atoms with Crippen molar-refractivity contribution in [1.29, 1.82) is 0 Å². The van der Waals surface area contributed by atoms with Crippen molar-refractivity contribution in [2.75, 3.05) is 59.5 Å². The second kappa shape index (κ2) is 6.50. The van der Waals surface area contributed by atoms with Crippen LogP contribution in [0.1, 0.15) is 6.92 Å². The Hall–Kier alpha value is -0.910. The molecule has 2 heterocycles. The van der Waals surface area contributed by atoms with E-state index in [2.05, 4.69) is 16.4 Å². The summed E-state index contributed by atoms with van der Waals surface area (Å²) in [4.78, 5) is 18.5. The van der Waals surface area contributed by atoms with Crippen LogP contribution < -0.4 is 0 Å². The van der Waals surface area contributed by atoms with Gasteiger partial charge in [-0.25, -0.2) is 0 Å². The second-order valence-electron chi connectivity index (χ2n) is 5.43. The molecule has 0 aromatic carbocycles. The summed E-state index contributed by atoms with van der Waals surface area (Å²) in [5.41, 5.74) is 0.699. The van der Waals surface area contributed by atoms with Gasteiger partial charge in [-0.1, -0.05) is 6.58 Å². The van der Waals surface area contributed by atoms with E-state index in [9.17, 15) is 4.79 Å². The Bertz CT molecular complexity index is 334. The summed E-state index contributed by atoms with van der Waals surface area (Å²) in [5.74, 6) is 0.0670. The van der Waals surface area contributed by atoms with Crippen LogP contribution in [0.3, 0.4) is 0 Å². The number of hydrogen-bond donors (Lipinski definition) is 0. The van der Waals surface area contributed by atoms with Gasteiger partial charge < -0.3 is 9.64 Å². The van der Waals surface area contributed by atoms with E-state index in [4.69, 9.17) is 4.74 Å². The third-order valence-electron chi connectivity index (χ3n) is 4.08. The Kier molecular flexibility index (Phi) is 4.96. The molecular weight excluding hydrogens is 242 g/mol. The summed E-state index contributed by atoms with van der Waals surface area (Å²) in [6.45, 7) is 13.3. The van der Waals surface area contributed by atoms with Crippen molar-refractivity contribution < 1.29 is 9.53 Å². The molecule has 2 fully saturated rings. The van der Waals surface area contributed by atoms with Gasteiger partial charge in [-0.05, 0) is 6.92 Å². The molecule has 2 aliphatic heterocycles. The second-order valence-corrected chi connectivity index (χ2v) is 5.43. The number of nitrogens with zero attached hydrogens (tertiary/aromatic N) is 3. The van der Waals surface area contributed by atoms with Crippen LogP contribution in [0.2, 0.25) is 0 Å². The third kappa shape index (κ3) is 3.55. The van der Waals surface area contributed by atoms with E-state index in [0.29, 0.717) is 18.2 Å². The molecule has 0 aliphatic carbocycles. The predicted octanol–water partition coefficient (Wildman–Crippen LogP) is 0.0373. The van der Waals surface area contributed by atoms with E-state index >= 15 is 0 Å². The fourth-order valence-electron chi connectivity index (χ4n) is 2.47. The molecule has 0 atom stereocenters. The molecule has 1 amide bonds. The Labute approximate surface area is 115 Å². The fraction of sp³-hybridized carbons (Fsp3) is 0.786. The van der Waals surface area contributed by atoms with Gasteiger partial charge in [0, 0.05) is 51.9 Å². The van der Waals surface area contributed by atoms with Crippen LogP contribution >= 0.6 is 0 Å². The number of amides is 1. The van der Waals surface area contributed by atoms with E-state index in [1.54, 1.807) is 4.90 Å². The smallest absolute Gasteiger partial charge is 0.250 e. The number of ether oxygens (including phenoxy) is 1. The van der Waals surface area contributed by atoms with Gasteiger partial charge in [-0.2, -0.15) is 0 Å². The first kappa shape index (κ1) is 14.5. The SMILES string of the molecule is C=C(CN1CCN(C2COC2)CC1)C(=O)N(C)CC. The molecule has 0 spiro atoms. The summed E-state index contributed by atoms with van der Waals surface area (Å²) in [6, 6.07) is 0.623. The molecule has 2 rings (SSSR count). The highest BCUT2D eigenvalue weighted by atomic mass is 16.5. The molecule has 0 bridgehead atoms. The molecule has 0 saturated carbocycles. The predicted molar refractivity (Wildman–Crippen MR) is 75.1 cm³/mol. The average Bonchev–Trinajstić information content (AvgIpc) is 2.37.